The summed E-state index contributed by atoms with van der Waals surface area (Å²) in [7, 11) is 1.73. The van der Waals surface area contributed by atoms with Crippen LogP contribution in [0, 0.1) is 10.5 Å². The maximum Gasteiger partial charge on any atom is 0.131 e. The molecule has 0 spiro atoms. The van der Waals surface area contributed by atoms with Gasteiger partial charge in [0.05, 0.1) is 9.67 Å². The van der Waals surface area contributed by atoms with Gasteiger partial charge in [0.15, 0.2) is 0 Å². The second-order valence-electron chi connectivity index (χ2n) is 3.86. The van der Waals surface area contributed by atoms with Crippen LogP contribution in [0.2, 0.25) is 0 Å². The van der Waals surface area contributed by atoms with Crippen LogP contribution in [-0.4, -0.2) is 31.4 Å². The number of ether oxygens (including phenoxy) is 1. The van der Waals surface area contributed by atoms with E-state index in [-0.39, 0.29) is 0 Å². The third kappa shape index (κ3) is 2.06. The summed E-state index contributed by atoms with van der Waals surface area (Å²) in [6, 6.07) is 3.92. The van der Waals surface area contributed by atoms with Crippen LogP contribution in [0.3, 0.4) is 0 Å². The SMILES string of the molecule is COC1CN(c2cc(C)c(I)c(O)c2)C1. The lowest BCUT2D eigenvalue weighted by Crippen LogP contribution is -2.51. The lowest BCUT2D eigenvalue weighted by Gasteiger charge is -2.40. The molecular weight excluding hydrogens is 305 g/mol. The number of rotatable bonds is 2. The normalized spacial score (nSPS) is 16.6. The van der Waals surface area contributed by atoms with Crippen molar-refractivity contribution in [2.24, 2.45) is 0 Å². The Bertz CT molecular complexity index is 352. The molecule has 1 fully saturated rings. The molecule has 0 aliphatic carbocycles. The zero-order valence-corrected chi connectivity index (χ0v) is 11.0. The van der Waals surface area contributed by atoms with Crippen molar-refractivity contribution in [1.82, 2.24) is 0 Å². The first-order valence-corrected chi connectivity index (χ1v) is 5.96. The van der Waals surface area contributed by atoms with E-state index in [0.717, 1.165) is 27.9 Å². The van der Waals surface area contributed by atoms with E-state index in [1.807, 2.05) is 13.0 Å². The van der Waals surface area contributed by atoms with Crippen LogP contribution in [0.5, 0.6) is 5.75 Å². The van der Waals surface area contributed by atoms with Gasteiger partial charge in [-0.1, -0.05) is 0 Å². The molecule has 0 unspecified atom stereocenters. The van der Waals surface area contributed by atoms with Gasteiger partial charge in [-0.2, -0.15) is 0 Å². The number of nitrogens with zero attached hydrogens (tertiary/aromatic N) is 1. The van der Waals surface area contributed by atoms with Crippen LogP contribution < -0.4 is 4.90 Å². The minimum absolute atomic E-state index is 0.340. The second kappa shape index (κ2) is 4.17. The molecule has 1 aliphatic rings. The molecule has 1 aromatic carbocycles. The Balaban J connectivity index is 2.17. The van der Waals surface area contributed by atoms with Crippen molar-refractivity contribution in [1.29, 1.82) is 0 Å². The molecule has 2 rings (SSSR count). The van der Waals surface area contributed by atoms with Gasteiger partial charge in [-0.25, -0.2) is 0 Å². The van der Waals surface area contributed by atoms with Gasteiger partial charge in [-0.3, -0.25) is 0 Å². The summed E-state index contributed by atoms with van der Waals surface area (Å²) in [5.41, 5.74) is 2.20. The smallest absolute Gasteiger partial charge is 0.131 e. The fraction of sp³-hybridized carbons (Fsp3) is 0.455. The van der Waals surface area contributed by atoms with Gasteiger partial charge < -0.3 is 14.7 Å². The summed E-state index contributed by atoms with van der Waals surface area (Å²) < 4.78 is 6.15. The molecule has 1 aliphatic heterocycles. The summed E-state index contributed by atoms with van der Waals surface area (Å²) in [6.45, 7) is 3.84. The third-order valence-corrected chi connectivity index (χ3v) is 4.17. The number of phenolic OH excluding ortho intramolecular Hbond substituents is 1. The minimum Gasteiger partial charge on any atom is -0.507 e. The van der Waals surface area contributed by atoms with E-state index in [4.69, 9.17) is 4.74 Å². The van der Waals surface area contributed by atoms with Crippen LogP contribution in [-0.2, 0) is 4.74 Å². The summed E-state index contributed by atoms with van der Waals surface area (Å²) in [4.78, 5) is 2.21. The molecule has 0 radical (unpaired) electrons. The molecule has 0 saturated carbocycles. The molecule has 82 valence electrons. The van der Waals surface area contributed by atoms with Crippen molar-refractivity contribution < 1.29 is 9.84 Å². The lowest BCUT2D eigenvalue weighted by atomic mass is 10.1. The Morgan fingerprint density at radius 2 is 2.13 bits per heavy atom. The summed E-state index contributed by atoms with van der Waals surface area (Å²) in [5.74, 6) is 0.367. The van der Waals surface area contributed by atoms with Gasteiger partial charge in [-0.05, 0) is 41.1 Å². The Hall–Kier alpha value is -0.490. The maximum absolute atomic E-state index is 9.71. The Morgan fingerprint density at radius 1 is 1.47 bits per heavy atom. The molecule has 1 aromatic rings. The molecule has 0 amide bonds. The van der Waals surface area contributed by atoms with Gasteiger partial charge in [0.25, 0.3) is 0 Å². The zero-order valence-electron chi connectivity index (χ0n) is 8.83. The second-order valence-corrected chi connectivity index (χ2v) is 4.94. The van der Waals surface area contributed by atoms with E-state index in [1.54, 1.807) is 7.11 Å². The van der Waals surface area contributed by atoms with E-state index >= 15 is 0 Å². The maximum atomic E-state index is 9.71. The van der Waals surface area contributed by atoms with Gasteiger partial charge in [-0.15, -0.1) is 0 Å². The fourth-order valence-electron chi connectivity index (χ4n) is 1.71. The largest absolute Gasteiger partial charge is 0.507 e. The molecule has 1 saturated heterocycles. The molecule has 1 N–H and O–H groups in total. The number of phenols is 1. The molecule has 15 heavy (non-hydrogen) atoms. The number of halogens is 1. The van der Waals surface area contributed by atoms with Crippen LogP contribution in [0.25, 0.3) is 0 Å². The summed E-state index contributed by atoms with van der Waals surface area (Å²) in [6.07, 6.45) is 0.340. The van der Waals surface area contributed by atoms with E-state index in [1.165, 1.54) is 0 Å². The number of methoxy groups -OCH3 is 1. The number of hydrogen-bond donors (Lipinski definition) is 1. The first-order valence-electron chi connectivity index (χ1n) is 4.88. The van der Waals surface area contributed by atoms with E-state index in [0.29, 0.717) is 11.9 Å². The Kier molecular flexibility index (Phi) is 3.06. The predicted molar refractivity (Wildman–Crippen MR) is 68.6 cm³/mol. The van der Waals surface area contributed by atoms with Crippen molar-refractivity contribution >= 4 is 28.3 Å². The van der Waals surface area contributed by atoms with E-state index in [9.17, 15) is 5.11 Å². The zero-order chi connectivity index (χ0) is 11.0. The van der Waals surface area contributed by atoms with Crippen LogP contribution in [0.1, 0.15) is 5.56 Å². The summed E-state index contributed by atoms with van der Waals surface area (Å²) >= 11 is 2.16. The first-order chi connectivity index (χ1) is 7.11. The quantitative estimate of drug-likeness (QED) is 0.848. The van der Waals surface area contributed by atoms with E-state index in [2.05, 4.69) is 33.6 Å². The summed E-state index contributed by atoms with van der Waals surface area (Å²) in [5, 5.41) is 9.71. The van der Waals surface area contributed by atoms with Crippen LogP contribution >= 0.6 is 22.6 Å². The van der Waals surface area contributed by atoms with Crippen molar-refractivity contribution in [3.63, 3.8) is 0 Å². The number of aryl methyl sites for hydroxylation is 1. The predicted octanol–water partition coefficient (Wildman–Crippen LogP) is 2.14. The molecule has 1 heterocycles. The number of aromatic hydroxyl groups is 1. The fourth-order valence-corrected chi connectivity index (χ4v) is 2.02. The molecule has 0 aromatic heterocycles. The monoisotopic (exact) mass is 319 g/mol. The highest BCUT2D eigenvalue weighted by Crippen LogP contribution is 2.31. The minimum atomic E-state index is 0.340. The van der Waals surface area contributed by atoms with Crippen LogP contribution in [0.15, 0.2) is 12.1 Å². The number of anilines is 1. The van der Waals surface area contributed by atoms with Crippen molar-refractivity contribution in [2.75, 3.05) is 25.1 Å². The van der Waals surface area contributed by atoms with Crippen LogP contribution in [0.4, 0.5) is 5.69 Å². The third-order valence-electron chi connectivity index (χ3n) is 2.77. The Labute approximate surface area is 103 Å². The lowest BCUT2D eigenvalue weighted by molar-refractivity contribution is 0.0787. The molecular formula is C11H14INO2. The van der Waals surface area contributed by atoms with Crippen molar-refractivity contribution in [3.8, 4) is 5.75 Å². The van der Waals surface area contributed by atoms with E-state index < -0.39 is 0 Å². The van der Waals surface area contributed by atoms with Crippen molar-refractivity contribution in [2.45, 2.75) is 13.0 Å². The average molecular weight is 319 g/mol. The van der Waals surface area contributed by atoms with Crippen molar-refractivity contribution in [3.05, 3.63) is 21.3 Å². The van der Waals surface area contributed by atoms with Gasteiger partial charge in [0.1, 0.15) is 5.75 Å². The molecule has 0 atom stereocenters. The standard InChI is InChI=1S/C11H14INO2/c1-7-3-8(4-10(14)11(7)12)13-5-9(6-13)15-2/h3-4,9,14H,5-6H2,1-2H3. The number of benzene rings is 1. The van der Waals surface area contributed by atoms with Gasteiger partial charge >= 0.3 is 0 Å². The number of hydrogen-bond acceptors (Lipinski definition) is 3. The highest BCUT2D eigenvalue weighted by Gasteiger charge is 2.27. The van der Waals surface area contributed by atoms with Gasteiger partial charge in [0, 0.05) is 32.0 Å². The molecule has 0 bridgehead atoms. The highest BCUT2D eigenvalue weighted by molar-refractivity contribution is 14.1. The van der Waals surface area contributed by atoms with Gasteiger partial charge in [0.2, 0.25) is 0 Å². The Morgan fingerprint density at radius 3 is 2.67 bits per heavy atom. The first kappa shape index (κ1) is 11.0. The molecule has 4 heteroatoms. The topological polar surface area (TPSA) is 32.7 Å². The highest BCUT2D eigenvalue weighted by atomic mass is 127. The average Bonchev–Trinajstić information content (AvgIpc) is 2.12. The molecule has 3 nitrogen and oxygen atoms in total.